The molecule has 0 aliphatic heterocycles. The lowest BCUT2D eigenvalue weighted by Crippen LogP contribution is -3.00. The quantitative estimate of drug-likeness (QED) is 0.606. The summed E-state index contributed by atoms with van der Waals surface area (Å²) >= 11 is 0. The van der Waals surface area contributed by atoms with Gasteiger partial charge in [-0.05, 0) is 19.3 Å². The Balaban J connectivity index is -0.000000392. The molecule has 0 aromatic carbocycles. The van der Waals surface area contributed by atoms with Crippen LogP contribution in [0, 0.1) is 0 Å². The lowest BCUT2D eigenvalue weighted by molar-refractivity contribution is -0.00000845. The predicted molar refractivity (Wildman–Crippen MR) is 79.7 cm³/mol. The zero-order chi connectivity index (χ0) is 13.5. The van der Waals surface area contributed by atoms with E-state index in [2.05, 4.69) is 20.8 Å². The van der Waals surface area contributed by atoms with Gasteiger partial charge in [0.25, 0.3) is 0 Å². The molecule has 0 spiro atoms. The summed E-state index contributed by atoms with van der Waals surface area (Å²) in [6.45, 7) is 6.96. The van der Waals surface area contributed by atoms with Gasteiger partial charge in [-0.2, -0.15) is 0 Å². The van der Waals surface area contributed by atoms with Crippen LogP contribution in [-0.2, 0) is 4.57 Å². The Kier molecular flexibility index (Phi) is 27.0. The Morgan fingerprint density at radius 3 is 1.22 bits per heavy atom. The molecule has 112 valence electrons. The maximum atomic E-state index is 8.70. The fourth-order valence-corrected chi connectivity index (χ4v) is 4.97. The third-order valence-corrected chi connectivity index (χ3v) is 5.83. The maximum Gasteiger partial charge on any atom is 0.692 e. The molecule has 0 bridgehead atoms. The average Bonchev–Trinajstić information content (AvgIpc) is 2.27. The first-order chi connectivity index (χ1) is 8.08. The molecule has 0 aliphatic rings. The van der Waals surface area contributed by atoms with Crippen LogP contribution in [0.2, 0.25) is 0 Å². The van der Waals surface area contributed by atoms with Crippen LogP contribution in [0.15, 0.2) is 0 Å². The van der Waals surface area contributed by atoms with Crippen molar-refractivity contribution >= 4 is 16.2 Å². The van der Waals surface area contributed by atoms with Crippen LogP contribution in [0.4, 0.5) is 0 Å². The minimum Gasteiger partial charge on any atom is -1.00 e. The zero-order valence-corrected chi connectivity index (χ0v) is 15.5. The molecular weight excluding hydrogens is 334 g/mol. The molecule has 0 aromatic heterocycles. The van der Waals surface area contributed by atoms with Gasteiger partial charge in [-0.25, -0.2) is 0 Å². The third-order valence-electron chi connectivity index (χ3n) is 2.65. The standard InChI is InChI=1S/C12H27P.BrH.HO3P/c1-4-7-10-13(11-8-5-2)12-9-6-3;;1-4(2)3/h4-12H2,1-3H3;1H;(H-,1,2,3)/p+1. The summed E-state index contributed by atoms with van der Waals surface area (Å²) in [6.07, 6.45) is 13.4. The topological polar surface area (TPSA) is 57.5 Å². The Labute approximate surface area is 125 Å². The van der Waals surface area contributed by atoms with Crippen molar-refractivity contribution < 1.29 is 31.3 Å². The van der Waals surface area contributed by atoms with Gasteiger partial charge in [0, 0.05) is 12.5 Å². The van der Waals surface area contributed by atoms with E-state index in [0.717, 1.165) is 0 Å². The second kappa shape index (κ2) is 20.3. The van der Waals surface area contributed by atoms with Crippen molar-refractivity contribution in [1.82, 2.24) is 0 Å². The van der Waals surface area contributed by atoms with Crippen molar-refractivity contribution in [3.63, 3.8) is 0 Å². The molecule has 0 atom stereocenters. The van der Waals surface area contributed by atoms with Crippen LogP contribution in [0.3, 0.4) is 0 Å². The highest BCUT2D eigenvalue weighted by Gasteiger charge is 2.12. The van der Waals surface area contributed by atoms with Gasteiger partial charge in [-0.15, -0.1) is 9.79 Å². The molecule has 0 radical (unpaired) electrons. The summed E-state index contributed by atoms with van der Waals surface area (Å²) in [5, 5.41) is 0. The van der Waals surface area contributed by atoms with E-state index in [1.807, 2.05) is 0 Å². The normalized spacial score (nSPS) is 9.44. The zero-order valence-electron chi connectivity index (χ0n) is 12.0. The molecule has 2 N–H and O–H groups in total. The van der Waals surface area contributed by atoms with Crippen LogP contribution in [0.5, 0.6) is 0 Å². The van der Waals surface area contributed by atoms with Crippen LogP contribution in [0.25, 0.3) is 0 Å². The van der Waals surface area contributed by atoms with E-state index < -0.39 is 8.25 Å². The highest BCUT2D eigenvalue weighted by molar-refractivity contribution is 7.57. The smallest absolute Gasteiger partial charge is 0.692 e. The average molecular weight is 364 g/mol. The molecule has 18 heavy (non-hydrogen) atoms. The first-order valence-corrected chi connectivity index (χ1v) is 10.1. The minimum atomic E-state index is -2.87. The van der Waals surface area contributed by atoms with Gasteiger partial charge in [-0.3, -0.25) is 0 Å². The number of hydrogen-bond donors (Lipinski definition) is 2. The number of halogens is 1. The van der Waals surface area contributed by atoms with Gasteiger partial charge >= 0.3 is 8.25 Å². The van der Waals surface area contributed by atoms with Gasteiger partial charge in [0.2, 0.25) is 0 Å². The van der Waals surface area contributed by atoms with Gasteiger partial charge in [0.05, 0.1) is 18.5 Å². The minimum absolute atomic E-state index is 0. The second-order valence-corrected chi connectivity index (χ2v) is 7.82. The van der Waals surface area contributed by atoms with Crippen molar-refractivity contribution in [3.8, 4) is 0 Å². The fourth-order valence-electron chi connectivity index (χ4n) is 1.66. The Bertz CT molecular complexity index is 148. The molecular formula is C12H30BrO3P2+. The van der Waals surface area contributed by atoms with E-state index >= 15 is 0 Å². The van der Waals surface area contributed by atoms with Crippen LogP contribution in [0.1, 0.15) is 59.3 Å². The second-order valence-electron chi connectivity index (χ2n) is 4.31. The summed E-state index contributed by atoms with van der Waals surface area (Å²) in [5.74, 6) is 0. The lowest BCUT2D eigenvalue weighted by atomic mass is 10.4. The van der Waals surface area contributed by atoms with E-state index in [-0.39, 0.29) is 24.9 Å². The van der Waals surface area contributed by atoms with Crippen LogP contribution < -0.4 is 17.0 Å². The van der Waals surface area contributed by atoms with E-state index in [1.165, 1.54) is 38.5 Å². The largest absolute Gasteiger partial charge is 1.00 e. The molecule has 0 heterocycles. The van der Waals surface area contributed by atoms with Crippen molar-refractivity contribution in [2.75, 3.05) is 18.5 Å². The highest BCUT2D eigenvalue weighted by atomic mass is 79.9. The third kappa shape index (κ3) is 25.7. The SMILES string of the molecule is CCCC[PH+](CCCC)CCCC.O=[P+](O)O.[Br-]. The van der Waals surface area contributed by atoms with Gasteiger partial charge in [0.1, 0.15) is 0 Å². The van der Waals surface area contributed by atoms with Crippen molar-refractivity contribution in [2.45, 2.75) is 59.3 Å². The van der Waals surface area contributed by atoms with E-state index in [9.17, 15) is 0 Å². The summed E-state index contributed by atoms with van der Waals surface area (Å²) in [5.41, 5.74) is 0. The number of unbranched alkanes of at least 4 members (excludes halogenated alkanes) is 3. The van der Waals surface area contributed by atoms with E-state index in [0.29, 0.717) is 0 Å². The predicted octanol–water partition coefficient (Wildman–Crippen LogP) is 1.23. The summed E-state index contributed by atoms with van der Waals surface area (Å²) in [4.78, 5) is 14.2. The first-order valence-electron chi connectivity index (χ1n) is 6.76. The van der Waals surface area contributed by atoms with Crippen LogP contribution in [-0.4, -0.2) is 28.3 Å². The molecule has 0 rings (SSSR count). The van der Waals surface area contributed by atoms with Gasteiger partial charge in [-0.1, -0.05) is 40.0 Å². The lowest BCUT2D eigenvalue weighted by Gasteiger charge is -2.09. The first kappa shape index (κ1) is 24.0. The Hall–Kier alpha value is 0.930. The summed E-state index contributed by atoms with van der Waals surface area (Å²) in [6, 6.07) is 0. The van der Waals surface area contributed by atoms with Crippen molar-refractivity contribution in [1.29, 1.82) is 0 Å². The number of rotatable bonds is 9. The van der Waals surface area contributed by atoms with Gasteiger partial charge in [0.15, 0.2) is 0 Å². The molecule has 6 heteroatoms. The van der Waals surface area contributed by atoms with E-state index in [4.69, 9.17) is 14.4 Å². The summed E-state index contributed by atoms with van der Waals surface area (Å²) in [7, 11) is -2.80. The molecule has 0 aliphatic carbocycles. The Morgan fingerprint density at radius 1 is 0.833 bits per heavy atom. The molecule has 0 fully saturated rings. The molecule has 0 unspecified atom stereocenters. The molecule has 0 saturated heterocycles. The Morgan fingerprint density at radius 2 is 1.06 bits per heavy atom. The highest BCUT2D eigenvalue weighted by Crippen LogP contribution is 2.38. The maximum absolute atomic E-state index is 8.70. The van der Waals surface area contributed by atoms with Crippen molar-refractivity contribution in [2.24, 2.45) is 0 Å². The van der Waals surface area contributed by atoms with E-state index in [1.54, 1.807) is 18.5 Å². The van der Waals surface area contributed by atoms with Crippen LogP contribution >= 0.6 is 16.2 Å². The monoisotopic (exact) mass is 363 g/mol. The van der Waals surface area contributed by atoms with Crippen molar-refractivity contribution in [3.05, 3.63) is 0 Å². The fraction of sp³-hybridized carbons (Fsp3) is 1.00. The number of hydrogen-bond acceptors (Lipinski definition) is 1. The summed E-state index contributed by atoms with van der Waals surface area (Å²) < 4.78 is 8.70. The molecule has 0 aromatic rings. The van der Waals surface area contributed by atoms with Gasteiger partial charge < -0.3 is 17.0 Å². The molecule has 0 amide bonds. The molecule has 3 nitrogen and oxygen atoms in total. The molecule has 0 saturated carbocycles.